The highest BCUT2D eigenvalue weighted by Gasteiger charge is 2.22. The lowest BCUT2D eigenvalue weighted by Crippen LogP contribution is -2.19. The third-order valence-corrected chi connectivity index (χ3v) is 5.49. The van der Waals surface area contributed by atoms with Crippen molar-refractivity contribution in [3.63, 3.8) is 0 Å². The third kappa shape index (κ3) is 5.43. The smallest absolute Gasteiger partial charge is 0.319 e. The first kappa shape index (κ1) is 20.2. The van der Waals surface area contributed by atoms with Gasteiger partial charge in [0.25, 0.3) is 5.91 Å². The Bertz CT molecular complexity index is 751. The minimum atomic E-state index is -0.342. The SMILES string of the molecule is CCOC(=O)C(CC)Sc1nnc(NC(=O)c2ccccc2OCC)s1. The number of carbonyl (C=O) groups excluding carboxylic acids is 2. The molecule has 0 aliphatic carbocycles. The summed E-state index contributed by atoms with van der Waals surface area (Å²) in [6.45, 7) is 6.34. The second-order valence-corrected chi connectivity index (χ2v) is 7.45. The van der Waals surface area contributed by atoms with Crippen molar-refractivity contribution >= 4 is 40.1 Å². The zero-order chi connectivity index (χ0) is 18.9. The third-order valence-electron chi connectivity index (χ3n) is 3.22. The Balaban J connectivity index is 2.04. The van der Waals surface area contributed by atoms with E-state index in [1.165, 1.54) is 23.1 Å². The lowest BCUT2D eigenvalue weighted by atomic mass is 10.2. The molecule has 1 unspecified atom stereocenters. The van der Waals surface area contributed by atoms with Crippen LogP contribution in [-0.4, -0.2) is 40.5 Å². The summed E-state index contributed by atoms with van der Waals surface area (Å²) in [6.07, 6.45) is 0.618. The Morgan fingerprint density at radius 2 is 1.96 bits per heavy atom. The maximum Gasteiger partial charge on any atom is 0.319 e. The van der Waals surface area contributed by atoms with Crippen molar-refractivity contribution in [2.45, 2.75) is 36.8 Å². The first-order valence-corrected chi connectivity index (χ1v) is 9.98. The van der Waals surface area contributed by atoms with Crippen LogP contribution >= 0.6 is 23.1 Å². The maximum absolute atomic E-state index is 12.5. The van der Waals surface area contributed by atoms with E-state index in [1.54, 1.807) is 25.1 Å². The number of ether oxygens (including phenoxy) is 2. The molecule has 1 atom stereocenters. The number of anilines is 1. The normalized spacial score (nSPS) is 11.7. The molecule has 1 aromatic carbocycles. The van der Waals surface area contributed by atoms with Crippen LogP contribution in [0.3, 0.4) is 0 Å². The molecule has 9 heteroatoms. The fraction of sp³-hybridized carbons (Fsp3) is 0.412. The van der Waals surface area contributed by atoms with E-state index >= 15 is 0 Å². The second kappa shape index (κ2) is 10.1. The predicted molar refractivity (Wildman–Crippen MR) is 102 cm³/mol. The van der Waals surface area contributed by atoms with Crippen LogP contribution in [0.15, 0.2) is 28.6 Å². The highest BCUT2D eigenvalue weighted by Crippen LogP contribution is 2.31. The zero-order valence-electron chi connectivity index (χ0n) is 14.9. The molecule has 140 valence electrons. The number of thioether (sulfide) groups is 1. The van der Waals surface area contributed by atoms with Crippen LogP contribution in [0.5, 0.6) is 5.75 Å². The number of benzene rings is 1. The molecule has 1 N–H and O–H groups in total. The van der Waals surface area contributed by atoms with Gasteiger partial charge in [-0.25, -0.2) is 0 Å². The minimum Gasteiger partial charge on any atom is -0.493 e. The summed E-state index contributed by atoms with van der Waals surface area (Å²) < 4.78 is 11.1. The van der Waals surface area contributed by atoms with Gasteiger partial charge in [-0.2, -0.15) is 0 Å². The summed E-state index contributed by atoms with van der Waals surface area (Å²) >= 11 is 2.50. The second-order valence-electron chi connectivity index (χ2n) is 5.02. The molecule has 0 aliphatic rings. The highest BCUT2D eigenvalue weighted by molar-refractivity contribution is 8.02. The fourth-order valence-electron chi connectivity index (χ4n) is 2.06. The van der Waals surface area contributed by atoms with E-state index in [0.29, 0.717) is 40.4 Å². The van der Waals surface area contributed by atoms with Crippen LogP contribution in [0, 0.1) is 0 Å². The first-order chi connectivity index (χ1) is 12.6. The van der Waals surface area contributed by atoms with Crippen molar-refractivity contribution in [2.24, 2.45) is 0 Å². The lowest BCUT2D eigenvalue weighted by Gasteiger charge is -2.10. The van der Waals surface area contributed by atoms with Gasteiger partial charge in [0.15, 0.2) is 4.34 Å². The molecule has 2 rings (SSSR count). The van der Waals surface area contributed by atoms with Gasteiger partial charge in [-0.3, -0.25) is 14.9 Å². The van der Waals surface area contributed by atoms with E-state index in [2.05, 4.69) is 15.5 Å². The Labute approximate surface area is 160 Å². The van der Waals surface area contributed by atoms with Crippen molar-refractivity contribution < 1.29 is 19.1 Å². The zero-order valence-corrected chi connectivity index (χ0v) is 16.5. The standard InChI is InChI=1S/C17H21N3O4S2/c1-4-13(15(22)24-6-3)25-17-20-19-16(26-17)18-14(21)11-9-7-8-10-12(11)23-5-2/h7-10,13H,4-6H2,1-3H3,(H,18,19,21). The van der Waals surface area contributed by atoms with Crippen LogP contribution in [0.2, 0.25) is 0 Å². The van der Waals surface area contributed by atoms with Gasteiger partial charge in [-0.1, -0.05) is 42.2 Å². The van der Waals surface area contributed by atoms with Crippen molar-refractivity contribution in [3.05, 3.63) is 29.8 Å². The van der Waals surface area contributed by atoms with Crippen LogP contribution in [0.4, 0.5) is 5.13 Å². The number of hydrogen-bond donors (Lipinski definition) is 1. The average molecular weight is 396 g/mol. The summed E-state index contributed by atoms with van der Waals surface area (Å²) in [5.74, 6) is -0.0782. The van der Waals surface area contributed by atoms with Gasteiger partial charge >= 0.3 is 5.97 Å². The minimum absolute atomic E-state index is 0.272. The van der Waals surface area contributed by atoms with E-state index in [0.717, 1.165) is 0 Å². The number of aromatic nitrogens is 2. The number of hydrogen-bond acceptors (Lipinski definition) is 8. The highest BCUT2D eigenvalue weighted by atomic mass is 32.2. The topological polar surface area (TPSA) is 90.4 Å². The number of nitrogens with zero attached hydrogens (tertiary/aromatic N) is 2. The van der Waals surface area contributed by atoms with Crippen LogP contribution in [0.1, 0.15) is 37.6 Å². The number of carbonyl (C=O) groups is 2. The Morgan fingerprint density at radius 3 is 2.65 bits per heavy atom. The van der Waals surface area contributed by atoms with Crippen LogP contribution in [0.25, 0.3) is 0 Å². The van der Waals surface area contributed by atoms with E-state index < -0.39 is 0 Å². The van der Waals surface area contributed by atoms with Gasteiger partial charge in [0.2, 0.25) is 5.13 Å². The molecule has 0 saturated heterocycles. The number of amides is 1. The van der Waals surface area contributed by atoms with E-state index in [9.17, 15) is 9.59 Å². The lowest BCUT2D eigenvalue weighted by molar-refractivity contribution is -0.142. The molecular weight excluding hydrogens is 374 g/mol. The number of nitrogens with one attached hydrogen (secondary N) is 1. The summed E-state index contributed by atoms with van der Waals surface area (Å²) in [4.78, 5) is 24.3. The molecule has 0 aliphatic heterocycles. The van der Waals surface area contributed by atoms with Gasteiger partial charge in [0.1, 0.15) is 11.0 Å². The molecule has 2 aromatic rings. The van der Waals surface area contributed by atoms with Gasteiger partial charge in [-0.05, 0) is 32.4 Å². The average Bonchev–Trinajstić information content (AvgIpc) is 3.07. The molecule has 1 heterocycles. The molecular formula is C17H21N3O4S2. The molecule has 0 bridgehead atoms. The van der Waals surface area contributed by atoms with E-state index in [4.69, 9.17) is 9.47 Å². The van der Waals surface area contributed by atoms with Gasteiger partial charge in [-0.15, -0.1) is 10.2 Å². The van der Waals surface area contributed by atoms with Crippen molar-refractivity contribution in [2.75, 3.05) is 18.5 Å². The summed E-state index contributed by atoms with van der Waals surface area (Å²) in [5, 5.41) is 10.7. The summed E-state index contributed by atoms with van der Waals surface area (Å²) in [5.41, 5.74) is 0.428. The quantitative estimate of drug-likeness (QED) is 0.394. The molecule has 0 radical (unpaired) electrons. The molecule has 1 aromatic heterocycles. The van der Waals surface area contributed by atoms with Gasteiger partial charge in [0, 0.05) is 0 Å². The largest absolute Gasteiger partial charge is 0.493 e. The molecule has 1 amide bonds. The summed E-state index contributed by atoms with van der Waals surface area (Å²) in [7, 11) is 0. The van der Waals surface area contributed by atoms with Gasteiger partial charge in [0.05, 0.1) is 18.8 Å². The first-order valence-electron chi connectivity index (χ1n) is 8.28. The monoisotopic (exact) mass is 395 g/mol. The maximum atomic E-state index is 12.5. The molecule has 26 heavy (non-hydrogen) atoms. The number of esters is 1. The molecule has 0 saturated carbocycles. The Morgan fingerprint density at radius 1 is 1.19 bits per heavy atom. The van der Waals surface area contributed by atoms with Crippen molar-refractivity contribution in [1.82, 2.24) is 10.2 Å². The van der Waals surface area contributed by atoms with Crippen LogP contribution < -0.4 is 10.1 Å². The summed E-state index contributed by atoms with van der Waals surface area (Å²) in [6, 6.07) is 7.00. The van der Waals surface area contributed by atoms with Crippen molar-refractivity contribution in [1.29, 1.82) is 0 Å². The predicted octanol–water partition coefficient (Wildman–Crippen LogP) is 3.62. The Kier molecular flexibility index (Phi) is 7.86. The molecule has 0 fully saturated rings. The number of rotatable bonds is 9. The number of para-hydroxylation sites is 1. The van der Waals surface area contributed by atoms with Gasteiger partial charge < -0.3 is 9.47 Å². The van der Waals surface area contributed by atoms with Crippen LogP contribution in [-0.2, 0) is 9.53 Å². The fourth-order valence-corrected chi connectivity index (χ4v) is 3.98. The van der Waals surface area contributed by atoms with Crippen molar-refractivity contribution in [3.8, 4) is 5.75 Å². The van der Waals surface area contributed by atoms with E-state index in [1.807, 2.05) is 19.9 Å². The Hall–Kier alpha value is -2.13. The molecule has 7 nitrogen and oxygen atoms in total. The van der Waals surface area contributed by atoms with E-state index in [-0.39, 0.29) is 17.1 Å². The molecule has 0 spiro atoms.